The number of likely N-dealkylation sites (tertiary alicyclic amines) is 1. The lowest BCUT2D eigenvalue weighted by atomic mass is 10.0. The Morgan fingerprint density at radius 1 is 1.36 bits per heavy atom. The van der Waals surface area contributed by atoms with E-state index in [1.165, 1.54) is 19.3 Å². The van der Waals surface area contributed by atoms with E-state index < -0.39 is 0 Å². The molecule has 0 aliphatic carbocycles. The highest BCUT2D eigenvalue weighted by Crippen LogP contribution is 2.19. The molecule has 1 N–H and O–H groups in total. The zero-order valence-corrected chi connectivity index (χ0v) is 13.3. The lowest BCUT2D eigenvalue weighted by molar-refractivity contribution is -0.122. The van der Waals surface area contributed by atoms with Gasteiger partial charge in [0, 0.05) is 18.8 Å². The minimum absolute atomic E-state index is 0.0465. The van der Waals surface area contributed by atoms with E-state index in [0.717, 1.165) is 31.9 Å². The summed E-state index contributed by atoms with van der Waals surface area (Å²) in [5, 5.41) is 3.16. The lowest BCUT2D eigenvalue weighted by Crippen LogP contribution is -2.53. The number of carbonyl (C=O) groups is 1. The zero-order chi connectivity index (χ0) is 15.4. The third-order valence-corrected chi connectivity index (χ3v) is 4.69. The Kier molecular flexibility index (Phi) is 5.10. The van der Waals surface area contributed by atoms with E-state index >= 15 is 0 Å². The number of ether oxygens (including phenoxy) is 1. The van der Waals surface area contributed by atoms with Crippen molar-refractivity contribution in [1.29, 1.82) is 0 Å². The molecule has 3 rings (SSSR count). The predicted molar refractivity (Wildman–Crippen MR) is 83.6 cm³/mol. The van der Waals surface area contributed by atoms with Crippen molar-refractivity contribution < 1.29 is 9.53 Å². The van der Waals surface area contributed by atoms with Crippen molar-refractivity contribution >= 4 is 5.91 Å². The summed E-state index contributed by atoms with van der Waals surface area (Å²) in [5.74, 6) is 0.996. The van der Waals surface area contributed by atoms with E-state index in [1.807, 2.05) is 17.7 Å². The largest absolute Gasteiger partial charge is 0.378 e. The summed E-state index contributed by atoms with van der Waals surface area (Å²) in [4.78, 5) is 19.1. The second-order valence-corrected chi connectivity index (χ2v) is 6.20. The van der Waals surface area contributed by atoms with Crippen LogP contribution in [0.5, 0.6) is 0 Å². The van der Waals surface area contributed by atoms with Crippen molar-refractivity contribution in [3.8, 4) is 0 Å². The van der Waals surface area contributed by atoms with Crippen LogP contribution < -0.4 is 5.32 Å². The Bertz CT molecular complexity index is 496. The van der Waals surface area contributed by atoms with E-state index in [0.29, 0.717) is 19.2 Å². The first kappa shape index (κ1) is 15.5. The third kappa shape index (κ3) is 3.50. The number of aryl methyl sites for hydroxylation is 1. The van der Waals surface area contributed by atoms with Crippen molar-refractivity contribution in [3.05, 3.63) is 18.2 Å². The summed E-state index contributed by atoms with van der Waals surface area (Å²) in [6.07, 6.45) is 8.29. The van der Waals surface area contributed by atoms with Gasteiger partial charge in [0.25, 0.3) is 0 Å². The molecule has 1 aromatic heterocycles. The normalized spacial score (nSPS) is 26.2. The number of nitrogens with zero attached hydrogens (tertiary/aromatic N) is 3. The molecule has 2 aliphatic heterocycles. The lowest BCUT2D eigenvalue weighted by Gasteiger charge is -2.34. The van der Waals surface area contributed by atoms with Crippen LogP contribution >= 0.6 is 0 Å². The maximum absolute atomic E-state index is 12.3. The van der Waals surface area contributed by atoms with E-state index in [9.17, 15) is 4.79 Å². The maximum Gasteiger partial charge on any atom is 0.240 e. The van der Waals surface area contributed by atoms with Crippen LogP contribution in [0.15, 0.2) is 12.4 Å². The molecule has 0 saturated carbocycles. The number of carbonyl (C=O) groups excluding carboxylic acids is 1. The fourth-order valence-electron chi connectivity index (χ4n) is 3.50. The van der Waals surface area contributed by atoms with Crippen LogP contribution in [0.1, 0.15) is 32.0 Å². The Labute approximate surface area is 131 Å². The molecule has 0 unspecified atom stereocenters. The highest BCUT2D eigenvalue weighted by atomic mass is 16.5. The molecule has 2 fully saturated rings. The van der Waals surface area contributed by atoms with Gasteiger partial charge in [-0.05, 0) is 25.9 Å². The molecular formula is C16H26N4O2. The number of nitrogens with one attached hydrogen (secondary N) is 1. The summed E-state index contributed by atoms with van der Waals surface area (Å²) in [6, 6.07) is 0.442. The highest BCUT2D eigenvalue weighted by Gasteiger charge is 2.34. The Balaban J connectivity index is 1.55. The number of piperidine rings is 1. The molecule has 0 spiro atoms. The number of rotatable bonds is 5. The second kappa shape index (κ2) is 7.24. The summed E-state index contributed by atoms with van der Waals surface area (Å²) >= 11 is 0. The highest BCUT2D eigenvalue weighted by molar-refractivity contribution is 5.76. The van der Waals surface area contributed by atoms with E-state index in [2.05, 4.69) is 15.2 Å². The van der Waals surface area contributed by atoms with E-state index in [1.54, 1.807) is 6.20 Å². The van der Waals surface area contributed by atoms with Crippen molar-refractivity contribution in [3.63, 3.8) is 0 Å². The van der Waals surface area contributed by atoms with Gasteiger partial charge in [0.05, 0.1) is 25.3 Å². The van der Waals surface area contributed by atoms with Gasteiger partial charge in [-0.25, -0.2) is 4.98 Å². The molecule has 122 valence electrons. The van der Waals surface area contributed by atoms with Crippen LogP contribution in [0.2, 0.25) is 0 Å². The van der Waals surface area contributed by atoms with E-state index in [-0.39, 0.29) is 11.9 Å². The van der Waals surface area contributed by atoms with Crippen LogP contribution in [0.25, 0.3) is 0 Å². The summed E-state index contributed by atoms with van der Waals surface area (Å²) in [5.41, 5.74) is 0. The van der Waals surface area contributed by atoms with Gasteiger partial charge < -0.3 is 14.6 Å². The van der Waals surface area contributed by atoms with Crippen molar-refractivity contribution in [2.24, 2.45) is 0 Å². The van der Waals surface area contributed by atoms with Crippen molar-refractivity contribution in [2.75, 3.05) is 26.3 Å². The van der Waals surface area contributed by atoms with Gasteiger partial charge in [0.1, 0.15) is 12.4 Å². The standard InChI is InChI=1S/C16H26N4O2/c1-2-15-17-6-9-20(15)10-16(21)18-13-11-22-12-14(13)19-7-4-3-5-8-19/h6,9,13-14H,2-5,7-8,10-12H2,1H3,(H,18,21)/t13-,14-/m1/s1. The average molecular weight is 306 g/mol. The van der Waals surface area contributed by atoms with Crippen LogP contribution in [0.3, 0.4) is 0 Å². The number of imidazole rings is 1. The number of hydrogen-bond acceptors (Lipinski definition) is 4. The monoisotopic (exact) mass is 306 g/mol. The van der Waals surface area contributed by atoms with Gasteiger partial charge in [0.15, 0.2) is 0 Å². The second-order valence-electron chi connectivity index (χ2n) is 6.20. The third-order valence-electron chi connectivity index (χ3n) is 4.69. The molecular weight excluding hydrogens is 280 g/mol. The van der Waals surface area contributed by atoms with Gasteiger partial charge in [0.2, 0.25) is 5.91 Å². The topological polar surface area (TPSA) is 59.4 Å². The molecule has 2 aliphatic rings. The molecule has 6 nitrogen and oxygen atoms in total. The minimum Gasteiger partial charge on any atom is -0.378 e. The first-order valence-electron chi connectivity index (χ1n) is 8.39. The fourth-order valence-corrected chi connectivity index (χ4v) is 3.50. The smallest absolute Gasteiger partial charge is 0.240 e. The van der Waals surface area contributed by atoms with Crippen LogP contribution in [-0.2, 0) is 22.5 Å². The van der Waals surface area contributed by atoms with Gasteiger partial charge >= 0.3 is 0 Å². The van der Waals surface area contributed by atoms with E-state index in [4.69, 9.17) is 4.74 Å². The molecule has 22 heavy (non-hydrogen) atoms. The first-order valence-corrected chi connectivity index (χ1v) is 8.39. The number of hydrogen-bond donors (Lipinski definition) is 1. The molecule has 0 bridgehead atoms. The van der Waals surface area contributed by atoms with Crippen molar-refractivity contribution in [1.82, 2.24) is 19.8 Å². The summed E-state index contributed by atoms with van der Waals surface area (Å²) < 4.78 is 7.55. The zero-order valence-electron chi connectivity index (χ0n) is 13.3. The van der Waals surface area contributed by atoms with Crippen molar-refractivity contribution in [2.45, 2.75) is 51.2 Å². The molecule has 3 heterocycles. The van der Waals surface area contributed by atoms with Crippen LogP contribution in [-0.4, -0.2) is 58.7 Å². The maximum atomic E-state index is 12.3. The Morgan fingerprint density at radius 2 is 2.18 bits per heavy atom. The fraction of sp³-hybridized carbons (Fsp3) is 0.750. The number of amides is 1. The molecule has 6 heteroatoms. The first-order chi connectivity index (χ1) is 10.8. The van der Waals surface area contributed by atoms with Gasteiger partial charge in [-0.1, -0.05) is 13.3 Å². The molecule has 0 radical (unpaired) electrons. The molecule has 1 aromatic rings. The molecule has 0 aromatic carbocycles. The quantitative estimate of drug-likeness (QED) is 0.875. The van der Waals surface area contributed by atoms with Crippen LogP contribution in [0, 0.1) is 0 Å². The summed E-state index contributed by atoms with van der Waals surface area (Å²) in [6.45, 7) is 6.00. The van der Waals surface area contributed by atoms with Gasteiger partial charge in [-0.2, -0.15) is 0 Å². The average Bonchev–Trinajstić information content (AvgIpc) is 3.17. The van der Waals surface area contributed by atoms with Gasteiger partial charge in [-0.3, -0.25) is 9.69 Å². The Hall–Kier alpha value is -1.40. The molecule has 2 saturated heterocycles. The molecule has 2 atom stereocenters. The Morgan fingerprint density at radius 3 is 2.95 bits per heavy atom. The predicted octanol–water partition coefficient (Wildman–Crippen LogP) is 0.815. The molecule has 1 amide bonds. The SMILES string of the molecule is CCc1nccn1CC(=O)N[C@@H]1COC[C@H]1N1CCCCC1. The minimum atomic E-state index is 0.0465. The summed E-state index contributed by atoms with van der Waals surface area (Å²) in [7, 11) is 0. The van der Waals surface area contributed by atoms with Crippen LogP contribution in [0.4, 0.5) is 0 Å². The van der Waals surface area contributed by atoms with Gasteiger partial charge in [-0.15, -0.1) is 0 Å². The number of aromatic nitrogens is 2.